The van der Waals surface area contributed by atoms with Gasteiger partial charge in [0.1, 0.15) is 34.9 Å². The molecule has 0 radical (unpaired) electrons. The first-order valence-corrected chi connectivity index (χ1v) is 9.96. The molecule has 1 aliphatic carbocycles. The molecule has 2 amide bonds. The second kappa shape index (κ2) is 6.76. The van der Waals surface area contributed by atoms with Crippen LogP contribution in [0.3, 0.4) is 0 Å². The number of piperidine rings is 1. The first kappa shape index (κ1) is 18.0. The second-order valence-electron chi connectivity index (χ2n) is 7.25. The van der Waals surface area contributed by atoms with Gasteiger partial charge in [-0.15, -0.1) is 0 Å². The smallest absolute Gasteiger partial charge is 0.248 e. The highest BCUT2D eigenvalue weighted by Crippen LogP contribution is 2.48. The lowest BCUT2D eigenvalue weighted by atomic mass is 10.1. The van der Waals surface area contributed by atoms with Gasteiger partial charge in [0.2, 0.25) is 11.8 Å². The van der Waals surface area contributed by atoms with E-state index < -0.39 is 6.04 Å². The van der Waals surface area contributed by atoms with Crippen molar-refractivity contribution in [3.63, 3.8) is 0 Å². The molecule has 1 saturated carbocycles. The van der Waals surface area contributed by atoms with Gasteiger partial charge in [0, 0.05) is 6.04 Å². The number of likely N-dealkylation sites (tertiary alicyclic amines) is 1. The predicted molar refractivity (Wildman–Crippen MR) is 107 cm³/mol. The monoisotopic (exact) mass is 456 g/mol. The van der Waals surface area contributed by atoms with Crippen LogP contribution in [0.1, 0.15) is 12.8 Å². The van der Waals surface area contributed by atoms with Gasteiger partial charge in [-0.1, -0.05) is 6.07 Å². The topological polar surface area (TPSA) is 132 Å². The van der Waals surface area contributed by atoms with Crippen LogP contribution >= 0.6 is 15.9 Å². The van der Waals surface area contributed by atoms with Gasteiger partial charge in [0.15, 0.2) is 11.5 Å². The normalized spacial score (nSPS) is 22.5. The number of hydrogen-bond acceptors (Lipinski definition) is 7. The highest BCUT2D eigenvalue weighted by atomic mass is 79.9. The number of pyridine rings is 1. The van der Waals surface area contributed by atoms with E-state index >= 15 is 0 Å². The zero-order valence-electron chi connectivity index (χ0n) is 15.2. The lowest BCUT2D eigenvalue weighted by molar-refractivity contribution is -0.138. The summed E-state index contributed by atoms with van der Waals surface area (Å²) < 4.78 is 2.27. The molecule has 3 aromatic rings. The summed E-state index contributed by atoms with van der Waals surface area (Å²) in [6.45, 7) is 0.0368. The van der Waals surface area contributed by atoms with Crippen molar-refractivity contribution in [2.75, 3.05) is 11.1 Å². The minimum atomic E-state index is -0.512. The average Bonchev–Trinajstić information content (AvgIpc) is 3.15. The van der Waals surface area contributed by atoms with E-state index in [1.807, 2.05) is 0 Å². The minimum absolute atomic E-state index is 0.0368. The van der Waals surface area contributed by atoms with E-state index in [1.54, 1.807) is 27.7 Å². The van der Waals surface area contributed by atoms with Gasteiger partial charge in [-0.05, 0) is 46.8 Å². The Kier molecular flexibility index (Phi) is 4.19. The summed E-state index contributed by atoms with van der Waals surface area (Å²) in [5, 5.41) is 2.82. The third-order valence-corrected chi connectivity index (χ3v) is 5.84. The predicted octanol–water partition coefficient (Wildman–Crippen LogP) is 1.19. The lowest BCUT2D eigenvalue weighted by Crippen LogP contribution is -2.46. The largest absolute Gasteiger partial charge is 0.382 e. The molecule has 148 valence electrons. The standard InChI is InChI=1S/C18H17BrN8O2/c19-12-2-1-3-13(24-12)25-18(29)11-5-9-4-10(9)27(11)14(28)6-26-8-23-15-16(20)21-7-22-17(15)26/h1-3,7-11H,4-6H2,(H2,20,21,22)(H,24,25,29)/t9-,10-,11+/m1/s1. The molecule has 29 heavy (non-hydrogen) atoms. The number of amides is 2. The van der Waals surface area contributed by atoms with Crippen LogP contribution in [0.5, 0.6) is 0 Å². The SMILES string of the molecule is Nc1ncnc2c1ncn2CC(=O)N1[C@@H]2C[C@@H]2C[C@H]1C(=O)Nc1cccc(Br)n1. The van der Waals surface area contributed by atoms with Gasteiger partial charge in [-0.25, -0.2) is 19.9 Å². The molecule has 3 aromatic heterocycles. The summed E-state index contributed by atoms with van der Waals surface area (Å²) >= 11 is 3.29. The molecule has 1 saturated heterocycles. The maximum absolute atomic E-state index is 13.1. The van der Waals surface area contributed by atoms with Crippen LogP contribution < -0.4 is 11.1 Å². The van der Waals surface area contributed by atoms with Crippen molar-refractivity contribution in [2.45, 2.75) is 31.5 Å². The van der Waals surface area contributed by atoms with Crippen LogP contribution in [0.25, 0.3) is 11.2 Å². The molecule has 2 aliphatic rings. The molecule has 3 N–H and O–H groups in total. The van der Waals surface area contributed by atoms with Crippen LogP contribution in [0, 0.1) is 5.92 Å². The van der Waals surface area contributed by atoms with E-state index in [-0.39, 0.29) is 30.2 Å². The number of anilines is 2. The van der Waals surface area contributed by atoms with Crippen LogP contribution in [-0.4, -0.2) is 53.3 Å². The molecule has 0 spiro atoms. The number of carbonyl (C=O) groups excluding carboxylic acids is 2. The van der Waals surface area contributed by atoms with Gasteiger partial charge >= 0.3 is 0 Å². The number of carbonyl (C=O) groups is 2. The second-order valence-corrected chi connectivity index (χ2v) is 8.07. The number of nitrogens with one attached hydrogen (secondary N) is 1. The molecule has 10 nitrogen and oxygen atoms in total. The Morgan fingerprint density at radius 2 is 2.10 bits per heavy atom. The third kappa shape index (κ3) is 3.20. The number of nitrogen functional groups attached to an aromatic ring is 1. The summed E-state index contributed by atoms with van der Waals surface area (Å²) in [4.78, 5) is 44.2. The van der Waals surface area contributed by atoms with Gasteiger partial charge in [-0.3, -0.25) is 9.59 Å². The summed E-state index contributed by atoms with van der Waals surface area (Å²) in [6.07, 6.45) is 4.46. The minimum Gasteiger partial charge on any atom is -0.382 e. The van der Waals surface area contributed by atoms with Crippen molar-refractivity contribution in [3.05, 3.63) is 35.5 Å². The van der Waals surface area contributed by atoms with Crippen molar-refractivity contribution in [2.24, 2.45) is 5.92 Å². The Bertz CT molecular complexity index is 1130. The zero-order valence-corrected chi connectivity index (χ0v) is 16.8. The first-order chi connectivity index (χ1) is 14.0. The highest BCUT2D eigenvalue weighted by molar-refractivity contribution is 9.10. The molecular formula is C18H17BrN8O2. The van der Waals surface area contributed by atoms with Gasteiger partial charge in [0.25, 0.3) is 0 Å². The maximum atomic E-state index is 13.1. The van der Waals surface area contributed by atoms with Crippen molar-refractivity contribution < 1.29 is 9.59 Å². The molecule has 3 atom stereocenters. The summed E-state index contributed by atoms with van der Waals surface area (Å²) in [5.41, 5.74) is 6.77. The zero-order chi connectivity index (χ0) is 20.1. The molecule has 1 aliphatic heterocycles. The summed E-state index contributed by atoms with van der Waals surface area (Å²) in [7, 11) is 0. The fourth-order valence-corrected chi connectivity index (χ4v) is 4.32. The van der Waals surface area contributed by atoms with Crippen molar-refractivity contribution >= 4 is 50.5 Å². The molecular weight excluding hydrogens is 440 g/mol. The fourth-order valence-electron chi connectivity index (χ4n) is 3.98. The number of rotatable bonds is 4. The summed E-state index contributed by atoms with van der Waals surface area (Å²) in [5.74, 6) is 0.725. The van der Waals surface area contributed by atoms with Crippen LogP contribution in [0.2, 0.25) is 0 Å². The van der Waals surface area contributed by atoms with Crippen molar-refractivity contribution in [1.29, 1.82) is 0 Å². The van der Waals surface area contributed by atoms with Gasteiger partial charge < -0.3 is 20.5 Å². The molecule has 0 bridgehead atoms. The molecule has 11 heteroatoms. The Hall–Kier alpha value is -3.08. The van der Waals surface area contributed by atoms with E-state index in [9.17, 15) is 9.59 Å². The van der Waals surface area contributed by atoms with E-state index in [4.69, 9.17) is 5.73 Å². The molecule has 2 fully saturated rings. The van der Waals surface area contributed by atoms with Gasteiger partial charge in [0.05, 0.1) is 6.33 Å². The van der Waals surface area contributed by atoms with Gasteiger partial charge in [-0.2, -0.15) is 0 Å². The molecule has 5 rings (SSSR count). The van der Waals surface area contributed by atoms with E-state index in [2.05, 4.69) is 41.2 Å². The van der Waals surface area contributed by atoms with Crippen LogP contribution in [0.15, 0.2) is 35.5 Å². The van der Waals surface area contributed by atoms with Crippen molar-refractivity contribution in [3.8, 4) is 0 Å². The number of fused-ring (bicyclic) bond motifs is 2. The maximum Gasteiger partial charge on any atom is 0.248 e. The van der Waals surface area contributed by atoms with Crippen LogP contribution in [-0.2, 0) is 16.1 Å². The average molecular weight is 457 g/mol. The van der Waals surface area contributed by atoms with E-state index in [0.29, 0.717) is 33.9 Å². The quantitative estimate of drug-likeness (QED) is 0.563. The Labute approximate surface area is 173 Å². The third-order valence-electron chi connectivity index (χ3n) is 5.40. The number of halogens is 1. The fraction of sp³-hybridized carbons (Fsp3) is 0.333. The molecule has 0 aromatic carbocycles. The molecule has 0 unspecified atom stereocenters. The number of nitrogens with two attached hydrogens (primary N) is 1. The number of aromatic nitrogens is 5. The number of imidazole rings is 1. The van der Waals surface area contributed by atoms with E-state index in [0.717, 1.165) is 6.42 Å². The van der Waals surface area contributed by atoms with E-state index in [1.165, 1.54) is 12.7 Å². The molecule has 4 heterocycles. The Morgan fingerprint density at radius 3 is 2.93 bits per heavy atom. The Balaban J connectivity index is 1.35. The van der Waals surface area contributed by atoms with Crippen molar-refractivity contribution in [1.82, 2.24) is 29.4 Å². The van der Waals surface area contributed by atoms with Crippen LogP contribution in [0.4, 0.5) is 11.6 Å². The Morgan fingerprint density at radius 1 is 1.24 bits per heavy atom. The number of nitrogens with zero attached hydrogens (tertiary/aromatic N) is 6. The number of hydrogen-bond donors (Lipinski definition) is 2. The first-order valence-electron chi connectivity index (χ1n) is 9.17. The lowest BCUT2D eigenvalue weighted by Gasteiger charge is -2.27. The summed E-state index contributed by atoms with van der Waals surface area (Å²) in [6, 6.07) is 4.89. The highest BCUT2D eigenvalue weighted by Gasteiger charge is 2.56.